The van der Waals surface area contributed by atoms with E-state index in [0.29, 0.717) is 23.8 Å². The molecule has 0 fully saturated rings. The van der Waals surface area contributed by atoms with Crippen LogP contribution in [-0.4, -0.2) is 4.98 Å². The molecule has 1 heterocycles. The van der Waals surface area contributed by atoms with E-state index < -0.39 is 0 Å². The topological polar surface area (TPSA) is 64.1 Å². The van der Waals surface area contributed by atoms with Crippen molar-refractivity contribution in [3.63, 3.8) is 0 Å². The number of nitrogens with two attached hydrogens (primary N) is 1. The Kier molecular flexibility index (Phi) is 3.13. The van der Waals surface area contributed by atoms with Crippen LogP contribution in [0.4, 0.5) is 11.7 Å². The summed E-state index contributed by atoms with van der Waals surface area (Å²) < 4.78 is 6.64. The molecule has 0 aliphatic heterocycles. The Balaban J connectivity index is 1.78. The van der Waals surface area contributed by atoms with Gasteiger partial charge in [-0.25, -0.2) is 0 Å². The Labute approximate surface area is 118 Å². The molecule has 19 heavy (non-hydrogen) atoms. The summed E-state index contributed by atoms with van der Waals surface area (Å²) >= 11 is 3.44. The lowest BCUT2D eigenvalue weighted by molar-refractivity contribution is 0.614. The van der Waals surface area contributed by atoms with Crippen LogP contribution in [0.3, 0.4) is 0 Å². The van der Waals surface area contributed by atoms with Gasteiger partial charge in [0.05, 0.1) is 0 Å². The van der Waals surface area contributed by atoms with E-state index in [9.17, 15) is 0 Å². The van der Waals surface area contributed by atoms with Crippen molar-refractivity contribution in [1.82, 2.24) is 4.98 Å². The number of benzene rings is 2. The van der Waals surface area contributed by atoms with Crippen LogP contribution in [0, 0.1) is 0 Å². The summed E-state index contributed by atoms with van der Waals surface area (Å²) in [5.74, 6) is 0. The molecule has 3 N–H and O–H groups in total. The number of nitrogens with zero attached hydrogens (tertiary/aromatic N) is 1. The van der Waals surface area contributed by atoms with Gasteiger partial charge in [-0.3, -0.25) is 0 Å². The summed E-state index contributed by atoms with van der Waals surface area (Å²) in [7, 11) is 0. The Morgan fingerprint density at radius 1 is 1.21 bits per heavy atom. The predicted molar refractivity (Wildman–Crippen MR) is 79.9 cm³/mol. The summed E-state index contributed by atoms with van der Waals surface area (Å²) in [5, 5.41) is 3.16. The van der Waals surface area contributed by atoms with Gasteiger partial charge in [0.15, 0.2) is 5.58 Å². The van der Waals surface area contributed by atoms with Crippen LogP contribution in [0.25, 0.3) is 11.1 Å². The standard InChI is InChI=1S/C14H12BrN3O/c15-10-3-1-2-9(6-10)8-17-14-18-12-5-4-11(16)7-13(12)19-14/h1-7H,8,16H2,(H,17,18). The third-order valence-electron chi connectivity index (χ3n) is 2.75. The SMILES string of the molecule is Nc1ccc2nc(NCc3cccc(Br)c3)oc2c1. The number of hydrogen-bond acceptors (Lipinski definition) is 4. The van der Waals surface area contributed by atoms with Gasteiger partial charge in [0.25, 0.3) is 6.01 Å². The number of halogens is 1. The number of rotatable bonds is 3. The van der Waals surface area contributed by atoms with E-state index in [4.69, 9.17) is 10.2 Å². The summed E-state index contributed by atoms with van der Waals surface area (Å²) in [6.07, 6.45) is 0. The van der Waals surface area contributed by atoms with Gasteiger partial charge in [-0.1, -0.05) is 28.1 Å². The highest BCUT2D eigenvalue weighted by atomic mass is 79.9. The largest absolute Gasteiger partial charge is 0.423 e. The van der Waals surface area contributed by atoms with Crippen molar-refractivity contribution in [2.24, 2.45) is 0 Å². The minimum atomic E-state index is 0.501. The van der Waals surface area contributed by atoms with Crippen molar-refractivity contribution in [1.29, 1.82) is 0 Å². The highest BCUT2D eigenvalue weighted by Gasteiger charge is 2.05. The van der Waals surface area contributed by atoms with E-state index in [0.717, 1.165) is 15.6 Å². The molecule has 0 radical (unpaired) electrons. The van der Waals surface area contributed by atoms with E-state index in [1.54, 1.807) is 6.07 Å². The quantitative estimate of drug-likeness (QED) is 0.721. The zero-order valence-corrected chi connectivity index (χ0v) is 11.6. The Morgan fingerprint density at radius 2 is 2.11 bits per heavy atom. The molecule has 3 aromatic rings. The third kappa shape index (κ3) is 2.71. The van der Waals surface area contributed by atoms with Crippen LogP contribution in [0.1, 0.15) is 5.56 Å². The molecule has 1 aromatic heterocycles. The zero-order chi connectivity index (χ0) is 13.2. The molecule has 5 heteroatoms. The number of hydrogen-bond donors (Lipinski definition) is 2. The minimum absolute atomic E-state index is 0.501. The van der Waals surface area contributed by atoms with Gasteiger partial charge in [-0.05, 0) is 29.8 Å². The lowest BCUT2D eigenvalue weighted by atomic mass is 10.2. The van der Waals surface area contributed by atoms with Crippen molar-refractivity contribution >= 4 is 38.7 Å². The Hall–Kier alpha value is -2.01. The maximum atomic E-state index is 5.70. The second kappa shape index (κ2) is 4.93. The fourth-order valence-corrected chi connectivity index (χ4v) is 2.29. The van der Waals surface area contributed by atoms with Crippen molar-refractivity contribution in [3.05, 3.63) is 52.5 Å². The number of anilines is 2. The molecule has 0 bridgehead atoms. The summed E-state index contributed by atoms with van der Waals surface area (Å²) in [4.78, 5) is 4.35. The molecular weight excluding hydrogens is 306 g/mol. The molecular formula is C14H12BrN3O. The van der Waals surface area contributed by atoms with E-state index in [2.05, 4.69) is 26.2 Å². The number of oxazole rings is 1. The first-order chi connectivity index (χ1) is 9.20. The molecule has 0 spiro atoms. The van der Waals surface area contributed by atoms with E-state index in [1.807, 2.05) is 36.4 Å². The zero-order valence-electron chi connectivity index (χ0n) is 10.1. The monoisotopic (exact) mass is 317 g/mol. The van der Waals surface area contributed by atoms with Crippen LogP contribution in [-0.2, 0) is 6.54 Å². The van der Waals surface area contributed by atoms with Gasteiger partial charge in [-0.2, -0.15) is 4.98 Å². The van der Waals surface area contributed by atoms with Crippen molar-refractivity contribution in [3.8, 4) is 0 Å². The fourth-order valence-electron chi connectivity index (χ4n) is 1.84. The highest BCUT2D eigenvalue weighted by Crippen LogP contribution is 2.21. The smallest absolute Gasteiger partial charge is 0.295 e. The van der Waals surface area contributed by atoms with Gasteiger partial charge < -0.3 is 15.5 Å². The average molecular weight is 318 g/mol. The minimum Gasteiger partial charge on any atom is -0.423 e. The summed E-state index contributed by atoms with van der Waals surface area (Å²) in [6, 6.07) is 14.0. The van der Waals surface area contributed by atoms with Crippen molar-refractivity contribution < 1.29 is 4.42 Å². The van der Waals surface area contributed by atoms with Crippen LogP contribution >= 0.6 is 15.9 Å². The molecule has 3 rings (SSSR count). The molecule has 0 aliphatic rings. The van der Waals surface area contributed by atoms with Crippen LogP contribution in [0.15, 0.2) is 51.4 Å². The van der Waals surface area contributed by atoms with Gasteiger partial charge in [0.1, 0.15) is 5.52 Å². The van der Waals surface area contributed by atoms with Gasteiger partial charge in [0, 0.05) is 22.8 Å². The number of aromatic nitrogens is 1. The molecule has 2 aromatic carbocycles. The van der Waals surface area contributed by atoms with Crippen LogP contribution in [0.2, 0.25) is 0 Å². The first kappa shape index (κ1) is 12.0. The molecule has 0 saturated heterocycles. The number of fused-ring (bicyclic) bond motifs is 1. The second-order valence-electron chi connectivity index (χ2n) is 4.23. The summed E-state index contributed by atoms with van der Waals surface area (Å²) in [5.41, 5.74) is 9.01. The third-order valence-corrected chi connectivity index (χ3v) is 3.24. The van der Waals surface area contributed by atoms with Crippen LogP contribution < -0.4 is 11.1 Å². The normalized spacial score (nSPS) is 10.8. The maximum absolute atomic E-state index is 5.70. The molecule has 0 unspecified atom stereocenters. The summed E-state index contributed by atoms with van der Waals surface area (Å²) in [6.45, 7) is 0.655. The van der Waals surface area contributed by atoms with Gasteiger partial charge in [0.2, 0.25) is 0 Å². The lowest BCUT2D eigenvalue weighted by Crippen LogP contribution is -1.99. The first-order valence-electron chi connectivity index (χ1n) is 5.85. The lowest BCUT2D eigenvalue weighted by Gasteiger charge is -2.02. The van der Waals surface area contributed by atoms with Crippen molar-refractivity contribution in [2.75, 3.05) is 11.1 Å². The molecule has 0 aliphatic carbocycles. The van der Waals surface area contributed by atoms with E-state index >= 15 is 0 Å². The van der Waals surface area contributed by atoms with Crippen LogP contribution in [0.5, 0.6) is 0 Å². The van der Waals surface area contributed by atoms with Gasteiger partial charge >= 0.3 is 0 Å². The molecule has 0 atom stereocenters. The van der Waals surface area contributed by atoms with Gasteiger partial charge in [-0.15, -0.1) is 0 Å². The molecule has 0 amide bonds. The van der Waals surface area contributed by atoms with Crippen molar-refractivity contribution in [2.45, 2.75) is 6.54 Å². The van der Waals surface area contributed by atoms with E-state index in [-0.39, 0.29) is 0 Å². The average Bonchev–Trinajstić information content (AvgIpc) is 2.78. The first-order valence-corrected chi connectivity index (χ1v) is 6.64. The second-order valence-corrected chi connectivity index (χ2v) is 5.15. The molecule has 0 saturated carbocycles. The van der Waals surface area contributed by atoms with E-state index in [1.165, 1.54) is 0 Å². The maximum Gasteiger partial charge on any atom is 0.295 e. The predicted octanol–water partition coefficient (Wildman–Crippen LogP) is 3.78. The fraction of sp³-hybridized carbons (Fsp3) is 0.0714. The number of nitrogens with one attached hydrogen (secondary N) is 1. The molecule has 96 valence electrons. The Morgan fingerprint density at radius 3 is 2.95 bits per heavy atom. The Bertz CT molecular complexity index is 724. The number of nitrogen functional groups attached to an aromatic ring is 1. The highest BCUT2D eigenvalue weighted by molar-refractivity contribution is 9.10. The molecule has 4 nitrogen and oxygen atoms in total.